The van der Waals surface area contributed by atoms with Gasteiger partial charge in [-0.25, -0.2) is 0 Å². The molecular formula is C17H19NO2S. The van der Waals surface area contributed by atoms with Crippen LogP contribution < -0.4 is 0 Å². The first kappa shape index (κ1) is 15.4. The smallest absolute Gasteiger partial charge is 0.253 e. The molecule has 4 heteroatoms. The van der Waals surface area contributed by atoms with Crippen LogP contribution in [0.15, 0.2) is 53.4 Å². The zero-order valence-electron chi connectivity index (χ0n) is 12.5. The second-order valence-electron chi connectivity index (χ2n) is 5.07. The van der Waals surface area contributed by atoms with E-state index in [9.17, 15) is 9.00 Å². The lowest BCUT2D eigenvalue weighted by Crippen LogP contribution is -2.26. The molecule has 110 valence electrons. The van der Waals surface area contributed by atoms with E-state index in [1.165, 1.54) is 5.56 Å². The Morgan fingerprint density at radius 2 is 1.71 bits per heavy atom. The molecule has 0 aromatic heterocycles. The minimum atomic E-state index is -1.02. The van der Waals surface area contributed by atoms with Crippen LogP contribution in [-0.2, 0) is 17.3 Å². The summed E-state index contributed by atoms with van der Waals surface area (Å²) in [6, 6.07) is 15.0. The highest BCUT2D eigenvalue weighted by Crippen LogP contribution is 2.13. The number of benzene rings is 2. The molecule has 1 unspecified atom stereocenters. The number of carbonyl (C=O) groups is 1. The Morgan fingerprint density at radius 3 is 2.29 bits per heavy atom. The standard InChI is InChI=1S/C17H19NO2S/c1-13-6-4-5-7-15(13)12-18(2)17(19)14-8-10-16(11-9-14)21(3)20/h4-11H,12H2,1-3H3. The number of amides is 1. The fourth-order valence-electron chi connectivity index (χ4n) is 2.12. The molecule has 0 bridgehead atoms. The van der Waals surface area contributed by atoms with Crippen LogP contribution in [0.25, 0.3) is 0 Å². The number of nitrogens with zero attached hydrogens (tertiary/aromatic N) is 1. The topological polar surface area (TPSA) is 37.4 Å². The van der Waals surface area contributed by atoms with Gasteiger partial charge in [-0.2, -0.15) is 0 Å². The van der Waals surface area contributed by atoms with Gasteiger partial charge in [0.05, 0.1) is 0 Å². The maximum Gasteiger partial charge on any atom is 0.253 e. The molecule has 0 fully saturated rings. The Kier molecular flexibility index (Phi) is 4.91. The monoisotopic (exact) mass is 301 g/mol. The van der Waals surface area contributed by atoms with Crippen molar-refractivity contribution in [1.82, 2.24) is 4.90 Å². The van der Waals surface area contributed by atoms with Gasteiger partial charge in [0, 0.05) is 41.1 Å². The number of rotatable bonds is 4. The van der Waals surface area contributed by atoms with Gasteiger partial charge in [-0.05, 0) is 42.3 Å². The predicted octanol–water partition coefficient (Wildman–Crippen LogP) is 3.00. The minimum Gasteiger partial charge on any atom is -0.337 e. The molecule has 0 aliphatic carbocycles. The van der Waals surface area contributed by atoms with Crippen LogP contribution in [0.5, 0.6) is 0 Å². The van der Waals surface area contributed by atoms with Crippen molar-refractivity contribution in [1.29, 1.82) is 0 Å². The summed E-state index contributed by atoms with van der Waals surface area (Å²) < 4.78 is 11.4. The van der Waals surface area contributed by atoms with Crippen molar-refractivity contribution in [3.63, 3.8) is 0 Å². The Labute approximate surface area is 128 Å². The molecule has 0 aliphatic rings. The van der Waals surface area contributed by atoms with Gasteiger partial charge in [-0.3, -0.25) is 9.00 Å². The number of carbonyl (C=O) groups excluding carboxylic acids is 1. The summed E-state index contributed by atoms with van der Waals surface area (Å²) in [5, 5.41) is 0. The Hall–Kier alpha value is -1.94. The SMILES string of the molecule is Cc1ccccc1CN(C)C(=O)c1ccc(S(C)=O)cc1. The molecule has 2 aromatic rings. The molecule has 21 heavy (non-hydrogen) atoms. The van der Waals surface area contributed by atoms with Crippen LogP contribution in [0.3, 0.4) is 0 Å². The molecule has 0 aliphatic heterocycles. The maximum atomic E-state index is 12.4. The molecule has 2 aromatic carbocycles. The quantitative estimate of drug-likeness (QED) is 0.870. The van der Waals surface area contributed by atoms with Crippen molar-refractivity contribution >= 4 is 16.7 Å². The Morgan fingerprint density at radius 1 is 1.10 bits per heavy atom. The minimum absolute atomic E-state index is 0.0355. The van der Waals surface area contributed by atoms with Crippen LogP contribution >= 0.6 is 0 Å². The Bertz CT molecular complexity index is 665. The summed E-state index contributed by atoms with van der Waals surface area (Å²) in [6.45, 7) is 2.62. The molecule has 0 radical (unpaired) electrons. The number of hydrogen-bond acceptors (Lipinski definition) is 2. The lowest BCUT2D eigenvalue weighted by Gasteiger charge is -2.18. The second-order valence-corrected chi connectivity index (χ2v) is 6.45. The molecule has 3 nitrogen and oxygen atoms in total. The van der Waals surface area contributed by atoms with Gasteiger partial charge in [0.2, 0.25) is 0 Å². The van der Waals surface area contributed by atoms with Gasteiger partial charge in [0.1, 0.15) is 0 Å². The van der Waals surface area contributed by atoms with E-state index in [0.29, 0.717) is 12.1 Å². The van der Waals surface area contributed by atoms with Gasteiger partial charge in [0.15, 0.2) is 0 Å². The van der Waals surface area contributed by atoms with Crippen molar-refractivity contribution in [2.75, 3.05) is 13.3 Å². The molecule has 1 amide bonds. The van der Waals surface area contributed by atoms with E-state index in [4.69, 9.17) is 0 Å². The fourth-order valence-corrected chi connectivity index (χ4v) is 2.64. The van der Waals surface area contributed by atoms with Crippen molar-refractivity contribution in [3.05, 3.63) is 65.2 Å². The summed E-state index contributed by atoms with van der Waals surface area (Å²) >= 11 is 0. The van der Waals surface area contributed by atoms with E-state index in [1.54, 1.807) is 42.5 Å². The van der Waals surface area contributed by atoms with Gasteiger partial charge in [-0.1, -0.05) is 24.3 Å². The third-order valence-electron chi connectivity index (χ3n) is 3.45. The number of hydrogen-bond donors (Lipinski definition) is 0. The van der Waals surface area contributed by atoms with Crippen LogP contribution in [0, 0.1) is 6.92 Å². The lowest BCUT2D eigenvalue weighted by molar-refractivity contribution is 0.0785. The molecule has 0 N–H and O–H groups in total. The van der Waals surface area contributed by atoms with Crippen LogP contribution in [0.2, 0.25) is 0 Å². The first-order chi connectivity index (χ1) is 9.99. The molecule has 0 saturated carbocycles. The van der Waals surface area contributed by atoms with E-state index < -0.39 is 10.8 Å². The summed E-state index contributed by atoms with van der Waals surface area (Å²) in [5.74, 6) is -0.0355. The van der Waals surface area contributed by atoms with E-state index >= 15 is 0 Å². The molecule has 1 atom stereocenters. The van der Waals surface area contributed by atoms with Crippen LogP contribution in [0.1, 0.15) is 21.5 Å². The van der Waals surface area contributed by atoms with Crippen LogP contribution in [0.4, 0.5) is 0 Å². The van der Waals surface area contributed by atoms with Crippen molar-refractivity contribution in [2.45, 2.75) is 18.4 Å². The molecule has 2 rings (SSSR count). The highest BCUT2D eigenvalue weighted by Gasteiger charge is 2.13. The van der Waals surface area contributed by atoms with E-state index in [1.807, 2.05) is 31.2 Å². The summed E-state index contributed by atoms with van der Waals surface area (Å²) in [4.78, 5) is 14.8. The highest BCUT2D eigenvalue weighted by molar-refractivity contribution is 7.84. The van der Waals surface area contributed by atoms with Crippen molar-refractivity contribution < 1.29 is 9.00 Å². The molecule has 0 spiro atoms. The fraction of sp³-hybridized carbons (Fsp3) is 0.235. The zero-order valence-corrected chi connectivity index (χ0v) is 13.3. The molecule has 0 saturated heterocycles. The maximum absolute atomic E-state index is 12.4. The number of aryl methyl sites for hydroxylation is 1. The van der Waals surface area contributed by atoms with Gasteiger partial charge >= 0.3 is 0 Å². The third kappa shape index (κ3) is 3.79. The van der Waals surface area contributed by atoms with E-state index in [-0.39, 0.29) is 5.91 Å². The van der Waals surface area contributed by atoms with Crippen LogP contribution in [-0.4, -0.2) is 28.3 Å². The highest BCUT2D eigenvalue weighted by atomic mass is 32.2. The van der Waals surface area contributed by atoms with E-state index in [2.05, 4.69) is 0 Å². The summed E-state index contributed by atoms with van der Waals surface area (Å²) in [6.07, 6.45) is 1.63. The van der Waals surface area contributed by atoms with Gasteiger partial charge in [-0.15, -0.1) is 0 Å². The van der Waals surface area contributed by atoms with Crippen molar-refractivity contribution in [3.8, 4) is 0 Å². The largest absolute Gasteiger partial charge is 0.337 e. The first-order valence-electron chi connectivity index (χ1n) is 6.72. The first-order valence-corrected chi connectivity index (χ1v) is 8.28. The average molecular weight is 301 g/mol. The molecule has 0 heterocycles. The second kappa shape index (κ2) is 6.68. The Balaban J connectivity index is 2.12. The zero-order chi connectivity index (χ0) is 15.4. The summed E-state index contributed by atoms with van der Waals surface area (Å²) in [5.41, 5.74) is 2.92. The average Bonchev–Trinajstić information content (AvgIpc) is 2.49. The predicted molar refractivity (Wildman–Crippen MR) is 85.8 cm³/mol. The summed E-state index contributed by atoms with van der Waals surface area (Å²) in [7, 11) is 0.772. The lowest BCUT2D eigenvalue weighted by atomic mass is 10.1. The van der Waals surface area contributed by atoms with Gasteiger partial charge in [0.25, 0.3) is 5.91 Å². The van der Waals surface area contributed by atoms with Gasteiger partial charge < -0.3 is 4.90 Å². The molecular weight excluding hydrogens is 282 g/mol. The van der Waals surface area contributed by atoms with Crippen molar-refractivity contribution in [2.24, 2.45) is 0 Å². The third-order valence-corrected chi connectivity index (χ3v) is 4.38. The normalized spacial score (nSPS) is 12.0. The van der Waals surface area contributed by atoms with E-state index in [0.717, 1.165) is 10.5 Å².